The average molecular weight is 350 g/mol. The molecule has 0 amide bonds. The van der Waals surface area contributed by atoms with E-state index in [1.54, 1.807) is 12.1 Å². The molecule has 138 valence electrons. The summed E-state index contributed by atoms with van der Waals surface area (Å²) in [6.07, 6.45) is 2.64. The lowest BCUT2D eigenvalue weighted by atomic mass is 9.92. The molecule has 1 unspecified atom stereocenters. The van der Waals surface area contributed by atoms with Gasteiger partial charge in [-0.25, -0.2) is 0 Å². The maximum atomic E-state index is 11.6. The number of hydrogen-bond acceptors (Lipinski definition) is 6. The highest BCUT2D eigenvalue weighted by atomic mass is 16.6. The Morgan fingerprint density at radius 1 is 1.44 bits per heavy atom. The number of hydrogen-bond donors (Lipinski definition) is 0. The summed E-state index contributed by atoms with van der Waals surface area (Å²) in [7, 11) is 3.24. The number of esters is 1. The first-order valence-corrected chi connectivity index (χ1v) is 8.63. The molecule has 1 heterocycles. The fraction of sp³-hybridized carbons (Fsp3) is 0.611. The summed E-state index contributed by atoms with van der Waals surface area (Å²) in [5.74, 6) is -0.397. The molecule has 0 radical (unpaired) electrons. The van der Waals surface area contributed by atoms with Gasteiger partial charge in [-0.3, -0.25) is 14.9 Å². The maximum Gasteiger partial charge on any atom is 0.306 e. The summed E-state index contributed by atoms with van der Waals surface area (Å²) in [4.78, 5) is 24.8. The Morgan fingerprint density at radius 2 is 2.12 bits per heavy atom. The van der Waals surface area contributed by atoms with Crippen molar-refractivity contribution < 1.29 is 19.2 Å². The van der Waals surface area contributed by atoms with Crippen LogP contribution < -0.4 is 4.90 Å². The van der Waals surface area contributed by atoms with Gasteiger partial charge in [0.05, 0.1) is 18.5 Å². The summed E-state index contributed by atoms with van der Waals surface area (Å²) in [5, 5.41) is 11.6. The number of nitro benzene ring substituents is 1. The number of ether oxygens (including phenoxy) is 2. The Bertz CT molecular complexity index is 613. The third-order valence-corrected chi connectivity index (χ3v) is 4.92. The molecule has 1 aliphatic heterocycles. The van der Waals surface area contributed by atoms with Crippen LogP contribution in [0, 0.1) is 10.1 Å². The molecule has 1 aromatic carbocycles. The van der Waals surface area contributed by atoms with Crippen molar-refractivity contribution >= 4 is 17.3 Å². The second-order valence-electron chi connectivity index (χ2n) is 6.35. The van der Waals surface area contributed by atoms with E-state index in [-0.39, 0.29) is 35.0 Å². The van der Waals surface area contributed by atoms with Gasteiger partial charge < -0.3 is 14.4 Å². The van der Waals surface area contributed by atoms with Crippen LogP contribution in [0.3, 0.4) is 0 Å². The van der Waals surface area contributed by atoms with E-state index in [1.165, 1.54) is 7.11 Å². The molecule has 7 nitrogen and oxygen atoms in total. The molecule has 25 heavy (non-hydrogen) atoms. The van der Waals surface area contributed by atoms with Crippen LogP contribution >= 0.6 is 0 Å². The zero-order valence-corrected chi connectivity index (χ0v) is 15.1. The Hall–Kier alpha value is -2.15. The summed E-state index contributed by atoms with van der Waals surface area (Å²) in [6, 6.07) is 5.51. The minimum atomic E-state index is -0.348. The number of rotatable bonds is 7. The number of anilines is 1. The van der Waals surface area contributed by atoms with E-state index in [9.17, 15) is 14.9 Å². The molecule has 1 aliphatic rings. The van der Waals surface area contributed by atoms with E-state index in [0.717, 1.165) is 18.4 Å². The van der Waals surface area contributed by atoms with Gasteiger partial charge in [0.1, 0.15) is 5.69 Å². The zero-order valence-electron chi connectivity index (χ0n) is 15.1. The second-order valence-corrected chi connectivity index (χ2v) is 6.35. The fourth-order valence-corrected chi connectivity index (χ4v) is 3.29. The normalized spacial score (nSPS) is 16.3. The van der Waals surface area contributed by atoms with E-state index in [1.807, 2.05) is 24.9 Å². The highest BCUT2D eigenvalue weighted by molar-refractivity contribution is 5.71. The highest BCUT2D eigenvalue weighted by Gasteiger charge is 2.26. The third-order valence-electron chi connectivity index (χ3n) is 4.92. The van der Waals surface area contributed by atoms with Crippen molar-refractivity contribution in [2.24, 2.45) is 0 Å². The van der Waals surface area contributed by atoms with Crippen molar-refractivity contribution in [1.29, 1.82) is 0 Å². The highest BCUT2D eigenvalue weighted by Crippen LogP contribution is 2.35. The topological polar surface area (TPSA) is 81.9 Å². The molecule has 0 bridgehead atoms. The largest absolute Gasteiger partial charge is 0.469 e. The second kappa shape index (κ2) is 8.80. The molecule has 0 saturated carbocycles. The molecule has 0 spiro atoms. The summed E-state index contributed by atoms with van der Waals surface area (Å²) in [5.41, 5.74) is 1.48. The lowest BCUT2D eigenvalue weighted by Crippen LogP contribution is -2.37. The first kappa shape index (κ1) is 19.2. The minimum Gasteiger partial charge on any atom is -0.469 e. The number of nitro groups is 1. The lowest BCUT2D eigenvalue weighted by molar-refractivity contribution is -0.384. The number of carbonyl (C=O) groups is 1. The quantitative estimate of drug-likeness (QED) is 0.426. The molecular weight excluding hydrogens is 324 g/mol. The monoisotopic (exact) mass is 350 g/mol. The summed E-state index contributed by atoms with van der Waals surface area (Å²) in [6.45, 7) is 3.32. The molecule has 1 fully saturated rings. The molecule has 1 saturated heterocycles. The minimum absolute atomic E-state index is 0.0785. The number of carbonyl (C=O) groups excluding carboxylic acids is 1. The lowest BCUT2D eigenvalue weighted by Gasteiger charge is -2.32. The van der Waals surface area contributed by atoms with E-state index >= 15 is 0 Å². The third kappa shape index (κ3) is 4.69. The van der Waals surface area contributed by atoms with E-state index in [4.69, 9.17) is 9.47 Å². The van der Waals surface area contributed by atoms with Crippen molar-refractivity contribution in [3.8, 4) is 0 Å². The van der Waals surface area contributed by atoms with Crippen LogP contribution in [0.4, 0.5) is 11.4 Å². The van der Waals surface area contributed by atoms with Gasteiger partial charge in [-0.05, 0) is 36.8 Å². The van der Waals surface area contributed by atoms with E-state index in [0.29, 0.717) is 25.3 Å². The SMILES string of the molecule is CCC(CC(=O)OC)c1ccc(N(C)C2CCOCC2)c([N+](=O)[O-])c1. The zero-order chi connectivity index (χ0) is 18.4. The van der Waals surface area contributed by atoms with Crippen LogP contribution in [0.1, 0.15) is 44.1 Å². The van der Waals surface area contributed by atoms with Gasteiger partial charge in [-0.2, -0.15) is 0 Å². The van der Waals surface area contributed by atoms with Gasteiger partial charge >= 0.3 is 5.97 Å². The van der Waals surface area contributed by atoms with Crippen molar-refractivity contribution in [1.82, 2.24) is 0 Å². The smallest absolute Gasteiger partial charge is 0.306 e. The van der Waals surface area contributed by atoms with Crippen molar-refractivity contribution in [2.45, 2.75) is 44.6 Å². The first-order valence-electron chi connectivity index (χ1n) is 8.63. The Morgan fingerprint density at radius 3 is 2.68 bits per heavy atom. The predicted octanol–water partition coefficient (Wildman–Crippen LogP) is 3.27. The maximum absolute atomic E-state index is 11.6. The Balaban J connectivity index is 2.30. The molecule has 0 aromatic heterocycles. The van der Waals surface area contributed by atoms with Gasteiger partial charge in [0.25, 0.3) is 5.69 Å². The number of methoxy groups -OCH3 is 1. The predicted molar refractivity (Wildman–Crippen MR) is 95.0 cm³/mol. The van der Waals surface area contributed by atoms with E-state index in [2.05, 4.69) is 0 Å². The summed E-state index contributed by atoms with van der Waals surface area (Å²) < 4.78 is 10.1. The van der Waals surface area contributed by atoms with Crippen molar-refractivity contribution in [3.05, 3.63) is 33.9 Å². The van der Waals surface area contributed by atoms with Gasteiger partial charge in [-0.1, -0.05) is 13.0 Å². The van der Waals surface area contributed by atoms with Gasteiger partial charge in [0.15, 0.2) is 0 Å². The molecular formula is C18H26N2O5. The van der Waals surface area contributed by atoms with Crippen molar-refractivity contribution in [2.75, 3.05) is 32.3 Å². The van der Waals surface area contributed by atoms with Crippen LogP contribution in [0.5, 0.6) is 0 Å². The number of benzene rings is 1. The van der Waals surface area contributed by atoms with Crippen LogP contribution in [0.2, 0.25) is 0 Å². The molecule has 7 heteroatoms. The van der Waals surface area contributed by atoms with Gasteiger partial charge in [-0.15, -0.1) is 0 Å². The van der Waals surface area contributed by atoms with Crippen LogP contribution in [-0.2, 0) is 14.3 Å². The summed E-state index contributed by atoms with van der Waals surface area (Å²) >= 11 is 0. The standard InChI is InChI=1S/C18H26N2O5/c1-4-13(12-18(21)24-3)14-5-6-16(17(11-14)20(22)23)19(2)15-7-9-25-10-8-15/h5-6,11,13,15H,4,7-10,12H2,1-3H3. The molecule has 0 N–H and O–H groups in total. The van der Waals surface area contributed by atoms with Crippen LogP contribution in [0.25, 0.3) is 0 Å². The Kier molecular flexibility index (Phi) is 6.75. The van der Waals surface area contributed by atoms with Gasteiger partial charge in [0, 0.05) is 32.4 Å². The van der Waals surface area contributed by atoms with Crippen LogP contribution in [-0.4, -0.2) is 44.3 Å². The molecule has 2 rings (SSSR count). The van der Waals surface area contributed by atoms with Crippen LogP contribution in [0.15, 0.2) is 18.2 Å². The fourth-order valence-electron chi connectivity index (χ4n) is 3.29. The van der Waals surface area contributed by atoms with Crippen molar-refractivity contribution in [3.63, 3.8) is 0 Å². The number of nitrogens with zero attached hydrogens (tertiary/aromatic N) is 2. The van der Waals surface area contributed by atoms with Gasteiger partial charge in [0.2, 0.25) is 0 Å². The first-order chi connectivity index (χ1) is 12.0. The average Bonchev–Trinajstić information content (AvgIpc) is 2.65. The Labute approximate surface area is 148 Å². The molecule has 1 atom stereocenters. The molecule has 0 aliphatic carbocycles. The molecule has 1 aromatic rings. The van der Waals surface area contributed by atoms with E-state index < -0.39 is 0 Å².